The van der Waals surface area contributed by atoms with Crippen LogP contribution in [0.4, 0.5) is 0 Å². The van der Waals surface area contributed by atoms with Crippen molar-refractivity contribution in [3.8, 4) is 51.3 Å². The lowest BCUT2D eigenvalue weighted by atomic mass is 10.0. The minimum Gasteiger partial charge on any atom is -0.307 e. The monoisotopic (exact) mass is 724 g/mol. The Hall–Kier alpha value is -7.64. The van der Waals surface area contributed by atoms with Crippen LogP contribution < -0.4 is 0 Å². The first-order valence-electron chi connectivity index (χ1n) is 18.3. The Morgan fingerprint density at radius 2 is 0.857 bits per heavy atom. The molecule has 0 unspecified atom stereocenters. The van der Waals surface area contributed by atoms with Crippen molar-refractivity contribution in [1.29, 1.82) is 5.26 Å². The van der Waals surface area contributed by atoms with Gasteiger partial charge in [-0.2, -0.15) is 5.26 Å². The third-order valence-electron chi connectivity index (χ3n) is 10.3. The molecule has 0 fully saturated rings. The van der Waals surface area contributed by atoms with Gasteiger partial charge >= 0.3 is 0 Å². The number of fused-ring (bicyclic) bond motifs is 6. The molecule has 0 bridgehead atoms. The molecule has 56 heavy (non-hydrogen) atoms. The van der Waals surface area contributed by atoms with Crippen LogP contribution in [0.2, 0.25) is 0 Å². The van der Waals surface area contributed by atoms with Crippen LogP contribution in [0.15, 0.2) is 122 Å². The van der Waals surface area contributed by atoms with Gasteiger partial charge in [0.25, 0.3) is 0 Å². The van der Waals surface area contributed by atoms with E-state index in [0.717, 1.165) is 77.2 Å². The van der Waals surface area contributed by atoms with Crippen LogP contribution in [0.25, 0.3) is 88.9 Å². The molecule has 0 spiro atoms. The van der Waals surface area contributed by atoms with E-state index < -0.39 is 0 Å². The molecule has 0 aliphatic heterocycles. The highest BCUT2D eigenvalue weighted by Gasteiger charge is 2.23. The van der Waals surface area contributed by atoms with Crippen molar-refractivity contribution in [1.82, 2.24) is 44.0 Å². The number of hydrogen-bond donors (Lipinski definition) is 0. The number of benzene rings is 5. The van der Waals surface area contributed by atoms with Gasteiger partial charge in [0.15, 0.2) is 11.6 Å². The number of aromatic nitrogens is 9. The summed E-state index contributed by atoms with van der Waals surface area (Å²) in [6, 6.07) is 39.7. The topological polar surface area (TPSA) is 124 Å². The van der Waals surface area contributed by atoms with Crippen molar-refractivity contribution in [2.75, 3.05) is 0 Å². The Labute approximate surface area is 321 Å². The molecular weight excluding hydrogens is 693 g/mol. The van der Waals surface area contributed by atoms with Crippen LogP contribution >= 0.6 is 0 Å². The third-order valence-corrected chi connectivity index (χ3v) is 10.3. The SMILES string of the molecule is Cc1nc(C)nc(-c2ccc3c(c2)c2ccccc2n3-c2cncc(-n3c4ccccc4c4cc(-c5nc(C)nc(C)n5)ccc43)c2-c2ccc(C#N)cc2)n1. The van der Waals surface area contributed by atoms with Gasteiger partial charge in [0.2, 0.25) is 0 Å². The molecule has 10 heteroatoms. The number of rotatable bonds is 5. The summed E-state index contributed by atoms with van der Waals surface area (Å²) in [4.78, 5) is 32.4. The molecule has 0 saturated carbocycles. The molecule has 0 amide bonds. The fourth-order valence-corrected chi connectivity index (χ4v) is 8.02. The minimum atomic E-state index is 0.590. The second-order valence-corrected chi connectivity index (χ2v) is 13.9. The summed E-state index contributed by atoms with van der Waals surface area (Å²) in [5.74, 6) is 4.02. The fourth-order valence-electron chi connectivity index (χ4n) is 8.02. The van der Waals surface area contributed by atoms with Crippen LogP contribution in [-0.2, 0) is 0 Å². The molecule has 5 aromatic heterocycles. The smallest absolute Gasteiger partial charge is 0.163 e. The molecular formula is C46H32N10. The Morgan fingerprint density at radius 3 is 1.30 bits per heavy atom. The van der Waals surface area contributed by atoms with E-state index >= 15 is 0 Å². The molecule has 0 aliphatic carbocycles. The van der Waals surface area contributed by atoms with Gasteiger partial charge in [0, 0.05) is 38.2 Å². The molecule has 10 rings (SSSR count). The zero-order valence-corrected chi connectivity index (χ0v) is 31.0. The molecule has 0 N–H and O–H groups in total. The van der Waals surface area contributed by atoms with Gasteiger partial charge in [-0.05, 0) is 93.9 Å². The summed E-state index contributed by atoms with van der Waals surface area (Å²) < 4.78 is 4.58. The first-order chi connectivity index (χ1) is 27.3. The quantitative estimate of drug-likeness (QED) is 0.172. The molecule has 5 heterocycles. The standard InChI is InChI=1S/C46H32N10/c1-26-49-27(2)52-45(51-26)32-17-19-40-36(21-32)34-9-5-7-11-38(34)55(40)42-24-48-25-43(44(42)31-15-13-30(23-47)14-16-31)56-39-12-8-6-10-35(39)37-22-33(18-20-41(37)56)46-53-28(3)50-29(4)54-46/h5-22,24-25H,1-4H3. The zero-order chi connectivity index (χ0) is 38.1. The number of para-hydroxylation sites is 2. The molecule has 10 nitrogen and oxygen atoms in total. The van der Waals surface area contributed by atoms with Gasteiger partial charge in [-0.25, -0.2) is 29.9 Å². The largest absolute Gasteiger partial charge is 0.307 e. The van der Waals surface area contributed by atoms with E-state index in [0.29, 0.717) is 40.5 Å². The first kappa shape index (κ1) is 33.0. The summed E-state index contributed by atoms with van der Waals surface area (Å²) in [5, 5.41) is 14.1. The Morgan fingerprint density at radius 1 is 0.446 bits per heavy atom. The molecule has 0 aliphatic rings. The van der Waals surface area contributed by atoms with Crippen LogP contribution in [0, 0.1) is 39.0 Å². The van der Waals surface area contributed by atoms with E-state index in [4.69, 9.17) is 4.98 Å². The minimum absolute atomic E-state index is 0.590. The summed E-state index contributed by atoms with van der Waals surface area (Å²) in [7, 11) is 0. The first-order valence-corrected chi connectivity index (χ1v) is 18.3. The van der Waals surface area contributed by atoms with Gasteiger partial charge in [-0.1, -0.05) is 48.5 Å². The lowest BCUT2D eigenvalue weighted by Crippen LogP contribution is -2.05. The van der Waals surface area contributed by atoms with E-state index in [1.165, 1.54) is 0 Å². The molecule has 0 atom stereocenters. The van der Waals surface area contributed by atoms with E-state index in [2.05, 4.69) is 130 Å². The average Bonchev–Trinajstić information content (AvgIpc) is 3.72. The van der Waals surface area contributed by atoms with E-state index in [1.807, 2.05) is 64.4 Å². The summed E-state index contributed by atoms with van der Waals surface area (Å²) in [6.45, 7) is 7.56. The fraction of sp³-hybridized carbons (Fsp3) is 0.0870. The normalized spacial score (nSPS) is 11.6. The third kappa shape index (κ3) is 5.28. The van der Waals surface area contributed by atoms with Crippen LogP contribution in [0.1, 0.15) is 28.9 Å². The van der Waals surface area contributed by atoms with Crippen molar-refractivity contribution in [3.63, 3.8) is 0 Å². The lowest BCUT2D eigenvalue weighted by molar-refractivity contribution is 0.928. The highest BCUT2D eigenvalue weighted by Crippen LogP contribution is 2.42. The number of nitriles is 1. The van der Waals surface area contributed by atoms with Crippen LogP contribution in [0.3, 0.4) is 0 Å². The van der Waals surface area contributed by atoms with E-state index in [9.17, 15) is 5.26 Å². The predicted molar refractivity (Wildman–Crippen MR) is 220 cm³/mol. The molecule has 0 saturated heterocycles. The van der Waals surface area contributed by atoms with Gasteiger partial charge < -0.3 is 9.13 Å². The van der Waals surface area contributed by atoms with Gasteiger partial charge in [0.05, 0.1) is 57.5 Å². The number of pyridine rings is 1. The molecule has 10 aromatic rings. The van der Waals surface area contributed by atoms with Crippen LogP contribution in [0.5, 0.6) is 0 Å². The van der Waals surface area contributed by atoms with Crippen molar-refractivity contribution in [3.05, 3.63) is 150 Å². The highest BCUT2D eigenvalue weighted by molar-refractivity contribution is 6.13. The average molecular weight is 725 g/mol. The zero-order valence-electron chi connectivity index (χ0n) is 31.0. The Bertz CT molecular complexity index is 3030. The Balaban J connectivity index is 1.27. The highest BCUT2D eigenvalue weighted by atomic mass is 15.1. The molecule has 5 aromatic carbocycles. The predicted octanol–water partition coefficient (Wildman–Crippen LogP) is 9.75. The van der Waals surface area contributed by atoms with Gasteiger partial charge in [0.1, 0.15) is 23.3 Å². The van der Waals surface area contributed by atoms with Gasteiger partial charge in [-0.15, -0.1) is 0 Å². The van der Waals surface area contributed by atoms with Crippen molar-refractivity contribution in [2.45, 2.75) is 27.7 Å². The second kappa shape index (κ2) is 12.7. The second-order valence-electron chi connectivity index (χ2n) is 13.9. The Kier molecular flexibility index (Phi) is 7.50. The van der Waals surface area contributed by atoms with E-state index in [-0.39, 0.29) is 0 Å². The number of hydrogen-bond acceptors (Lipinski definition) is 8. The van der Waals surface area contributed by atoms with Crippen molar-refractivity contribution < 1.29 is 0 Å². The lowest BCUT2D eigenvalue weighted by Gasteiger charge is -2.19. The molecule has 266 valence electrons. The summed E-state index contributed by atoms with van der Waals surface area (Å²) >= 11 is 0. The van der Waals surface area contributed by atoms with Crippen molar-refractivity contribution >= 4 is 43.6 Å². The number of aryl methyl sites for hydroxylation is 4. The van der Waals surface area contributed by atoms with Gasteiger partial charge in [-0.3, -0.25) is 4.98 Å². The molecule has 0 radical (unpaired) electrons. The maximum atomic E-state index is 9.76. The van der Waals surface area contributed by atoms with Crippen molar-refractivity contribution in [2.24, 2.45) is 0 Å². The van der Waals surface area contributed by atoms with E-state index in [1.54, 1.807) is 0 Å². The summed E-state index contributed by atoms with van der Waals surface area (Å²) in [6.07, 6.45) is 3.87. The summed E-state index contributed by atoms with van der Waals surface area (Å²) in [5.41, 5.74) is 10.2. The maximum absolute atomic E-state index is 9.76. The maximum Gasteiger partial charge on any atom is 0.163 e. The number of nitrogens with zero attached hydrogens (tertiary/aromatic N) is 10. The van der Waals surface area contributed by atoms with Crippen LogP contribution in [-0.4, -0.2) is 44.0 Å².